The van der Waals surface area contributed by atoms with E-state index >= 15 is 0 Å². The summed E-state index contributed by atoms with van der Waals surface area (Å²) < 4.78 is 7.73. The molecule has 4 rings (SSSR count). The standard InChI is InChI=1S/C15H16N4O4/c1-7-4-9(6-20)23-14(7)19-5-8-2-3-10(21)16-12-11(8)13(19)18-15(22)17-12/h2-3,5,7,9,14,20H,4,6H2,1H3,(H2,16,17,18,21,22). The van der Waals surface area contributed by atoms with Crippen LogP contribution in [0.2, 0.25) is 0 Å². The van der Waals surface area contributed by atoms with Gasteiger partial charge < -0.3 is 14.4 Å². The van der Waals surface area contributed by atoms with E-state index in [9.17, 15) is 14.7 Å². The van der Waals surface area contributed by atoms with Gasteiger partial charge in [0.15, 0.2) is 0 Å². The summed E-state index contributed by atoms with van der Waals surface area (Å²) in [4.78, 5) is 27.4. The van der Waals surface area contributed by atoms with Gasteiger partial charge in [-0.05, 0) is 12.5 Å². The second-order valence-electron chi connectivity index (χ2n) is 5.97. The molecule has 2 aliphatic heterocycles. The van der Waals surface area contributed by atoms with Crippen LogP contribution in [0, 0.1) is 5.92 Å². The lowest BCUT2D eigenvalue weighted by Crippen LogP contribution is -2.27. The number of aliphatic hydroxyl groups excluding tert-OH is 1. The summed E-state index contributed by atoms with van der Waals surface area (Å²) >= 11 is 0. The zero-order chi connectivity index (χ0) is 16.1. The molecule has 8 heteroatoms. The highest BCUT2D eigenvalue weighted by atomic mass is 16.5. The van der Waals surface area contributed by atoms with Gasteiger partial charge in [-0.1, -0.05) is 6.92 Å². The minimum Gasteiger partial charge on any atom is -0.394 e. The van der Waals surface area contributed by atoms with Crippen LogP contribution in [0.25, 0.3) is 10.8 Å². The number of aromatic nitrogens is 2. The zero-order valence-electron chi connectivity index (χ0n) is 12.4. The Balaban J connectivity index is 1.92. The first-order chi connectivity index (χ1) is 11.1. The predicted octanol–water partition coefficient (Wildman–Crippen LogP) is 1.27. The van der Waals surface area contributed by atoms with Crippen molar-refractivity contribution in [3.8, 4) is 0 Å². The highest BCUT2D eigenvalue weighted by Gasteiger charge is 2.35. The fraction of sp³-hybridized carbons (Fsp3) is 0.400. The summed E-state index contributed by atoms with van der Waals surface area (Å²) in [7, 11) is 0. The van der Waals surface area contributed by atoms with Gasteiger partial charge in [-0.25, -0.2) is 4.79 Å². The Morgan fingerprint density at radius 2 is 2.22 bits per heavy atom. The van der Waals surface area contributed by atoms with Gasteiger partial charge in [0.05, 0.1) is 18.1 Å². The Bertz CT molecular complexity index is 862. The SMILES string of the molecule is CC1CC(CO)OC1n1cc2ccc(=O)nc3c2c1NC(=O)N3. The molecule has 23 heavy (non-hydrogen) atoms. The molecule has 2 aromatic heterocycles. The van der Waals surface area contributed by atoms with Crippen LogP contribution in [0.5, 0.6) is 0 Å². The molecule has 0 spiro atoms. The van der Waals surface area contributed by atoms with E-state index in [-0.39, 0.29) is 30.7 Å². The smallest absolute Gasteiger partial charge is 0.326 e. The van der Waals surface area contributed by atoms with Crippen molar-refractivity contribution in [3.05, 3.63) is 28.7 Å². The number of carbonyl (C=O) groups is 1. The molecule has 120 valence electrons. The maximum Gasteiger partial charge on any atom is 0.326 e. The Kier molecular flexibility index (Phi) is 3.10. The number of rotatable bonds is 2. The molecule has 1 fully saturated rings. The molecule has 2 aromatic rings. The summed E-state index contributed by atoms with van der Waals surface area (Å²) in [6.45, 7) is 2.00. The highest BCUT2D eigenvalue weighted by Crippen LogP contribution is 2.41. The lowest BCUT2D eigenvalue weighted by molar-refractivity contribution is -0.0298. The van der Waals surface area contributed by atoms with Gasteiger partial charge in [-0.2, -0.15) is 4.98 Å². The number of amides is 2. The van der Waals surface area contributed by atoms with Gasteiger partial charge in [0, 0.05) is 23.6 Å². The van der Waals surface area contributed by atoms with Gasteiger partial charge in [0.25, 0.3) is 5.56 Å². The molecule has 2 aliphatic rings. The number of aliphatic hydroxyl groups is 1. The number of carbonyl (C=O) groups excluding carboxylic acids is 1. The van der Waals surface area contributed by atoms with Crippen molar-refractivity contribution >= 4 is 28.4 Å². The van der Waals surface area contributed by atoms with Gasteiger partial charge >= 0.3 is 6.03 Å². The predicted molar refractivity (Wildman–Crippen MR) is 83.4 cm³/mol. The van der Waals surface area contributed by atoms with Gasteiger partial charge in [-0.3, -0.25) is 15.4 Å². The van der Waals surface area contributed by atoms with Crippen molar-refractivity contribution in [1.29, 1.82) is 0 Å². The van der Waals surface area contributed by atoms with Crippen molar-refractivity contribution in [1.82, 2.24) is 9.55 Å². The molecular formula is C15H16N4O4. The molecular weight excluding hydrogens is 300 g/mol. The molecule has 3 N–H and O–H groups in total. The Morgan fingerprint density at radius 3 is 2.96 bits per heavy atom. The van der Waals surface area contributed by atoms with E-state index in [4.69, 9.17) is 4.74 Å². The number of hydrogen-bond acceptors (Lipinski definition) is 5. The monoisotopic (exact) mass is 316 g/mol. The van der Waals surface area contributed by atoms with E-state index in [2.05, 4.69) is 15.6 Å². The van der Waals surface area contributed by atoms with Crippen molar-refractivity contribution in [2.75, 3.05) is 17.2 Å². The van der Waals surface area contributed by atoms with Crippen LogP contribution in [0.1, 0.15) is 19.6 Å². The molecule has 0 aliphatic carbocycles. The second kappa shape index (κ2) is 5.04. The average molecular weight is 316 g/mol. The van der Waals surface area contributed by atoms with Crippen molar-refractivity contribution in [2.24, 2.45) is 5.92 Å². The molecule has 0 saturated carbocycles. The van der Waals surface area contributed by atoms with Crippen molar-refractivity contribution in [3.63, 3.8) is 0 Å². The van der Waals surface area contributed by atoms with Crippen LogP contribution in [-0.2, 0) is 4.74 Å². The maximum atomic E-state index is 11.9. The maximum absolute atomic E-state index is 11.9. The van der Waals surface area contributed by atoms with Crippen LogP contribution in [0.4, 0.5) is 16.4 Å². The summed E-state index contributed by atoms with van der Waals surface area (Å²) in [5.41, 5.74) is -0.415. The van der Waals surface area contributed by atoms with Crippen LogP contribution in [-0.4, -0.2) is 33.4 Å². The first-order valence-corrected chi connectivity index (χ1v) is 7.47. The number of urea groups is 1. The van der Waals surface area contributed by atoms with E-state index in [1.165, 1.54) is 6.07 Å². The summed E-state index contributed by atoms with van der Waals surface area (Å²) in [5, 5.41) is 16.1. The van der Waals surface area contributed by atoms with Crippen LogP contribution in [0.15, 0.2) is 23.1 Å². The normalized spacial score (nSPS) is 26.2. The molecule has 3 atom stereocenters. The first-order valence-electron chi connectivity index (χ1n) is 7.47. The van der Waals surface area contributed by atoms with Crippen LogP contribution in [0.3, 0.4) is 0 Å². The first kappa shape index (κ1) is 14.2. The molecule has 0 radical (unpaired) electrons. The van der Waals surface area contributed by atoms with E-state index in [1.54, 1.807) is 6.07 Å². The summed E-state index contributed by atoms with van der Waals surface area (Å²) in [5.74, 6) is 0.978. The van der Waals surface area contributed by atoms with Gasteiger partial charge in [0.1, 0.15) is 17.9 Å². The molecule has 8 nitrogen and oxygen atoms in total. The molecule has 4 heterocycles. The molecule has 2 amide bonds. The number of nitrogens with zero attached hydrogens (tertiary/aromatic N) is 2. The van der Waals surface area contributed by atoms with E-state index in [1.807, 2.05) is 17.7 Å². The Labute approximate surface area is 131 Å². The minimum absolute atomic E-state index is 0.0355. The lowest BCUT2D eigenvalue weighted by atomic mass is 10.1. The fourth-order valence-corrected chi connectivity index (χ4v) is 3.32. The molecule has 0 bridgehead atoms. The summed E-state index contributed by atoms with van der Waals surface area (Å²) in [6, 6.07) is 2.60. The largest absolute Gasteiger partial charge is 0.394 e. The van der Waals surface area contributed by atoms with E-state index in [0.29, 0.717) is 11.2 Å². The fourth-order valence-electron chi connectivity index (χ4n) is 3.32. The van der Waals surface area contributed by atoms with Crippen molar-refractivity contribution in [2.45, 2.75) is 25.7 Å². The van der Waals surface area contributed by atoms with E-state index in [0.717, 1.165) is 11.8 Å². The third-order valence-corrected chi connectivity index (χ3v) is 4.32. The van der Waals surface area contributed by atoms with Crippen LogP contribution < -0.4 is 16.2 Å². The second-order valence-corrected chi connectivity index (χ2v) is 5.97. The minimum atomic E-state index is -0.443. The number of nitrogens with one attached hydrogen (secondary N) is 2. The van der Waals surface area contributed by atoms with E-state index < -0.39 is 11.6 Å². The molecule has 0 aromatic carbocycles. The quantitative estimate of drug-likeness (QED) is 0.774. The average Bonchev–Trinajstić information content (AvgIpc) is 3.00. The number of ether oxygens (including phenoxy) is 1. The van der Waals surface area contributed by atoms with Gasteiger partial charge in [-0.15, -0.1) is 0 Å². The zero-order valence-corrected chi connectivity index (χ0v) is 12.4. The summed E-state index contributed by atoms with van der Waals surface area (Å²) in [6.07, 6.45) is 2.07. The Hall–Kier alpha value is -2.45. The lowest BCUT2D eigenvalue weighted by Gasteiger charge is -2.22. The topological polar surface area (TPSA) is 105 Å². The third-order valence-electron chi connectivity index (χ3n) is 4.32. The molecule has 1 saturated heterocycles. The Morgan fingerprint density at radius 1 is 1.39 bits per heavy atom. The highest BCUT2D eigenvalue weighted by molar-refractivity contribution is 6.15. The van der Waals surface area contributed by atoms with Crippen molar-refractivity contribution < 1.29 is 14.6 Å². The molecule has 3 unspecified atom stereocenters. The third kappa shape index (κ3) is 2.18. The number of anilines is 2. The number of hydrogen-bond donors (Lipinski definition) is 3. The van der Waals surface area contributed by atoms with Gasteiger partial charge in [0.2, 0.25) is 0 Å². The van der Waals surface area contributed by atoms with Crippen LogP contribution >= 0.6 is 0 Å².